The van der Waals surface area contributed by atoms with E-state index in [0.29, 0.717) is 21.7 Å². The van der Waals surface area contributed by atoms with Crippen LogP contribution in [0.2, 0.25) is 0 Å². The molecule has 0 radical (unpaired) electrons. The van der Waals surface area contributed by atoms with E-state index < -0.39 is 0 Å². The predicted molar refractivity (Wildman–Crippen MR) is 85.2 cm³/mol. The molecule has 0 saturated heterocycles. The highest BCUT2D eigenvalue weighted by Crippen LogP contribution is 2.74. The Morgan fingerprint density at radius 3 is 2.05 bits per heavy atom. The molecule has 2 fully saturated rings. The van der Waals surface area contributed by atoms with Crippen LogP contribution in [0, 0.1) is 33.5 Å². The van der Waals surface area contributed by atoms with Gasteiger partial charge in [-0.2, -0.15) is 0 Å². The SMILES string of the molecule is CC(CC(C)(C)C)CC1(C)CC2CCC1(C)C2(C)C. The van der Waals surface area contributed by atoms with Crippen LogP contribution in [0.1, 0.15) is 87.5 Å². The van der Waals surface area contributed by atoms with E-state index in [1.165, 1.54) is 32.1 Å². The predicted octanol–water partition coefficient (Wildman–Crippen LogP) is 6.30. The third-order valence-corrected chi connectivity index (χ3v) is 7.22. The number of rotatable bonds is 3. The van der Waals surface area contributed by atoms with Gasteiger partial charge in [-0.15, -0.1) is 0 Å². The Kier molecular flexibility index (Phi) is 3.44. The topological polar surface area (TPSA) is 0 Å². The van der Waals surface area contributed by atoms with E-state index in [9.17, 15) is 0 Å². The van der Waals surface area contributed by atoms with Crippen LogP contribution in [0.25, 0.3) is 0 Å². The summed E-state index contributed by atoms with van der Waals surface area (Å²) in [5.41, 5.74) is 2.17. The van der Waals surface area contributed by atoms with Crippen molar-refractivity contribution < 1.29 is 0 Å². The van der Waals surface area contributed by atoms with Gasteiger partial charge >= 0.3 is 0 Å². The molecule has 2 saturated carbocycles. The van der Waals surface area contributed by atoms with Crippen molar-refractivity contribution in [3.63, 3.8) is 0 Å². The molecular weight excluding hydrogens is 228 g/mol. The summed E-state index contributed by atoms with van der Waals surface area (Å²) >= 11 is 0. The monoisotopic (exact) mass is 264 g/mol. The van der Waals surface area contributed by atoms with Gasteiger partial charge < -0.3 is 0 Å². The van der Waals surface area contributed by atoms with Gasteiger partial charge in [-0.05, 0) is 65.6 Å². The van der Waals surface area contributed by atoms with Gasteiger partial charge in [0.05, 0.1) is 0 Å². The zero-order chi connectivity index (χ0) is 14.7. The molecule has 4 atom stereocenters. The van der Waals surface area contributed by atoms with Gasteiger partial charge in [0.15, 0.2) is 0 Å². The van der Waals surface area contributed by atoms with Gasteiger partial charge in [0.1, 0.15) is 0 Å². The summed E-state index contributed by atoms with van der Waals surface area (Å²) in [4.78, 5) is 0. The maximum atomic E-state index is 2.60. The zero-order valence-electron chi connectivity index (χ0n) is 14.7. The first-order valence-electron chi connectivity index (χ1n) is 8.41. The molecule has 0 aromatic heterocycles. The van der Waals surface area contributed by atoms with Crippen molar-refractivity contribution in [2.45, 2.75) is 87.5 Å². The Hall–Kier alpha value is 0. The first-order chi connectivity index (χ1) is 8.41. The van der Waals surface area contributed by atoms with Crippen LogP contribution < -0.4 is 0 Å². The van der Waals surface area contributed by atoms with Crippen LogP contribution in [0.5, 0.6) is 0 Å². The number of hydrogen-bond acceptors (Lipinski definition) is 0. The first-order valence-corrected chi connectivity index (χ1v) is 8.41. The zero-order valence-corrected chi connectivity index (χ0v) is 14.7. The Morgan fingerprint density at radius 1 is 1.11 bits per heavy atom. The number of hydrogen-bond donors (Lipinski definition) is 0. The Bertz CT molecular complexity index is 346. The maximum absolute atomic E-state index is 2.60. The summed E-state index contributed by atoms with van der Waals surface area (Å²) in [6.45, 7) is 19.9. The van der Waals surface area contributed by atoms with Gasteiger partial charge in [0.2, 0.25) is 0 Å². The molecule has 2 aliphatic rings. The minimum atomic E-state index is 0.476. The summed E-state index contributed by atoms with van der Waals surface area (Å²) in [7, 11) is 0. The molecule has 112 valence electrons. The van der Waals surface area contributed by atoms with E-state index in [2.05, 4.69) is 55.4 Å². The quantitative estimate of drug-likeness (QED) is 0.561. The van der Waals surface area contributed by atoms with Crippen LogP contribution in [0.4, 0.5) is 0 Å². The first kappa shape index (κ1) is 15.4. The summed E-state index contributed by atoms with van der Waals surface area (Å²) in [5, 5.41) is 0. The molecule has 0 heteroatoms. The van der Waals surface area contributed by atoms with E-state index >= 15 is 0 Å². The summed E-state index contributed by atoms with van der Waals surface area (Å²) in [6, 6.07) is 0. The molecule has 0 aromatic carbocycles. The third kappa shape index (κ3) is 2.28. The third-order valence-electron chi connectivity index (χ3n) is 7.22. The standard InChI is InChI=1S/C19H36/c1-14(11-16(2,3)4)12-18(7)13-15-9-10-19(18,8)17(15,5)6/h14-15H,9-13H2,1-8H3. The van der Waals surface area contributed by atoms with Gasteiger partial charge in [-0.1, -0.05) is 55.4 Å². The van der Waals surface area contributed by atoms with E-state index in [1.807, 2.05) is 0 Å². The van der Waals surface area contributed by atoms with E-state index in [0.717, 1.165) is 11.8 Å². The molecule has 2 rings (SSSR count). The molecule has 4 unspecified atom stereocenters. The Labute approximate surface area is 121 Å². The second-order valence-corrected chi connectivity index (χ2v) is 10.1. The molecule has 2 aliphatic carbocycles. The smallest absolute Gasteiger partial charge is 0.0218 e. The van der Waals surface area contributed by atoms with E-state index in [-0.39, 0.29) is 0 Å². The highest BCUT2D eigenvalue weighted by Gasteiger charge is 2.66. The van der Waals surface area contributed by atoms with Crippen molar-refractivity contribution in [1.82, 2.24) is 0 Å². The molecule has 0 nitrogen and oxygen atoms in total. The maximum Gasteiger partial charge on any atom is -0.0218 e. The van der Waals surface area contributed by atoms with Crippen molar-refractivity contribution >= 4 is 0 Å². The molecule has 0 amide bonds. The lowest BCUT2D eigenvalue weighted by molar-refractivity contribution is 0.00664. The molecule has 19 heavy (non-hydrogen) atoms. The molecule has 0 aromatic rings. The van der Waals surface area contributed by atoms with Crippen molar-refractivity contribution in [2.75, 3.05) is 0 Å². The lowest BCUT2D eigenvalue weighted by Gasteiger charge is -2.48. The number of fused-ring (bicyclic) bond motifs is 2. The fourth-order valence-electron chi connectivity index (χ4n) is 6.00. The van der Waals surface area contributed by atoms with Crippen LogP contribution in [0.15, 0.2) is 0 Å². The fraction of sp³-hybridized carbons (Fsp3) is 1.00. The van der Waals surface area contributed by atoms with Crippen molar-refractivity contribution in [1.29, 1.82) is 0 Å². The van der Waals surface area contributed by atoms with Crippen molar-refractivity contribution in [3.05, 3.63) is 0 Å². The van der Waals surface area contributed by atoms with Crippen molar-refractivity contribution in [2.24, 2.45) is 33.5 Å². The fourth-order valence-corrected chi connectivity index (χ4v) is 6.00. The van der Waals surface area contributed by atoms with Crippen LogP contribution in [-0.2, 0) is 0 Å². The summed E-state index contributed by atoms with van der Waals surface area (Å²) in [6.07, 6.45) is 7.21. The summed E-state index contributed by atoms with van der Waals surface area (Å²) < 4.78 is 0. The molecule has 2 bridgehead atoms. The van der Waals surface area contributed by atoms with Crippen LogP contribution in [-0.4, -0.2) is 0 Å². The minimum Gasteiger partial charge on any atom is -0.0625 e. The highest BCUT2D eigenvalue weighted by molar-refractivity contribution is 5.15. The average molecular weight is 264 g/mol. The largest absolute Gasteiger partial charge is 0.0625 e. The highest BCUT2D eigenvalue weighted by atomic mass is 14.7. The normalized spacial score (nSPS) is 42.6. The Morgan fingerprint density at radius 2 is 1.68 bits per heavy atom. The van der Waals surface area contributed by atoms with E-state index in [1.54, 1.807) is 0 Å². The lowest BCUT2D eigenvalue weighted by Crippen LogP contribution is -2.40. The van der Waals surface area contributed by atoms with E-state index in [4.69, 9.17) is 0 Å². The minimum absolute atomic E-state index is 0.476. The summed E-state index contributed by atoms with van der Waals surface area (Å²) in [5.74, 6) is 1.83. The van der Waals surface area contributed by atoms with Gasteiger partial charge in [0.25, 0.3) is 0 Å². The molecule has 0 N–H and O–H groups in total. The van der Waals surface area contributed by atoms with Gasteiger partial charge in [-0.3, -0.25) is 0 Å². The van der Waals surface area contributed by atoms with Gasteiger partial charge in [-0.25, -0.2) is 0 Å². The second-order valence-electron chi connectivity index (χ2n) is 10.1. The Balaban J connectivity index is 2.13. The van der Waals surface area contributed by atoms with Crippen molar-refractivity contribution in [3.8, 4) is 0 Å². The van der Waals surface area contributed by atoms with Crippen LogP contribution in [0.3, 0.4) is 0 Å². The molecule has 0 heterocycles. The molecule has 0 spiro atoms. The van der Waals surface area contributed by atoms with Gasteiger partial charge in [0, 0.05) is 0 Å². The molecule has 0 aliphatic heterocycles. The van der Waals surface area contributed by atoms with Crippen LogP contribution >= 0.6 is 0 Å². The second kappa shape index (κ2) is 4.25. The lowest BCUT2D eigenvalue weighted by atomic mass is 9.56. The average Bonchev–Trinajstić information content (AvgIpc) is 2.45. The molecular formula is C19H36.